The Kier molecular flexibility index (Phi) is 4.92. The molecule has 1 aromatic heterocycles. The fraction of sp³-hybridized carbons (Fsp3) is 0.111. The summed E-state index contributed by atoms with van der Waals surface area (Å²) in [4.78, 5) is 13.6. The third kappa shape index (κ3) is 3.18. The topological polar surface area (TPSA) is 46.9 Å². The van der Waals surface area contributed by atoms with Crippen molar-refractivity contribution >= 4 is 35.1 Å². The van der Waals surface area contributed by atoms with Crippen LogP contribution in [0.15, 0.2) is 59.6 Å². The van der Waals surface area contributed by atoms with E-state index in [9.17, 15) is 4.79 Å². The summed E-state index contributed by atoms with van der Waals surface area (Å²) in [5, 5.41) is 7.81. The smallest absolute Gasteiger partial charge is 0.258 e. The van der Waals surface area contributed by atoms with Crippen LogP contribution >= 0.6 is 23.4 Å². The number of anilines is 1. The van der Waals surface area contributed by atoms with Gasteiger partial charge in [-0.3, -0.25) is 4.79 Å². The number of thioether (sulfide) groups is 1. The van der Waals surface area contributed by atoms with Crippen molar-refractivity contribution in [1.29, 1.82) is 0 Å². The first kappa shape index (κ1) is 16.6. The van der Waals surface area contributed by atoms with Crippen LogP contribution in [-0.4, -0.2) is 21.9 Å². The molecule has 4 nitrogen and oxygen atoms in total. The highest BCUT2D eigenvalue weighted by Crippen LogP contribution is 2.29. The quantitative estimate of drug-likeness (QED) is 0.682. The van der Waals surface area contributed by atoms with Gasteiger partial charge in [-0.25, -0.2) is 4.68 Å². The number of para-hydroxylation sites is 1. The first-order valence-corrected chi connectivity index (χ1v) is 8.96. The van der Waals surface area contributed by atoms with Crippen molar-refractivity contribution in [3.8, 4) is 5.69 Å². The van der Waals surface area contributed by atoms with Gasteiger partial charge in [0.1, 0.15) is 5.82 Å². The van der Waals surface area contributed by atoms with E-state index in [2.05, 4.69) is 10.4 Å². The predicted molar refractivity (Wildman–Crippen MR) is 99.5 cm³/mol. The Balaban J connectivity index is 1.99. The standard InChI is InChI=1S/C18H16ClN3OS/c1-12-7-6-10-14(16(12)19)18(23)21-17-15(24-2)11-20-22(17)13-8-4-3-5-9-13/h3-11H,1-2H3,(H,21,23). The molecule has 0 fully saturated rings. The lowest BCUT2D eigenvalue weighted by atomic mass is 10.1. The zero-order chi connectivity index (χ0) is 17.1. The van der Waals surface area contributed by atoms with Crippen LogP contribution in [0.1, 0.15) is 15.9 Å². The van der Waals surface area contributed by atoms with Crippen LogP contribution in [0.5, 0.6) is 0 Å². The number of benzene rings is 2. The van der Waals surface area contributed by atoms with Crippen molar-refractivity contribution in [3.63, 3.8) is 0 Å². The Morgan fingerprint density at radius 2 is 1.92 bits per heavy atom. The monoisotopic (exact) mass is 357 g/mol. The average molecular weight is 358 g/mol. The second-order valence-corrected chi connectivity index (χ2v) is 6.43. The Morgan fingerprint density at radius 1 is 1.17 bits per heavy atom. The highest BCUT2D eigenvalue weighted by molar-refractivity contribution is 7.98. The SMILES string of the molecule is CSc1cnn(-c2ccccc2)c1NC(=O)c1cccc(C)c1Cl. The molecule has 0 saturated carbocycles. The highest BCUT2D eigenvalue weighted by Gasteiger charge is 2.18. The lowest BCUT2D eigenvalue weighted by Crippen LogP contribution is -2.16. The van der Waals surface area contributed by atoms with Crippen molar-refractivity contribution in [2.24, 2.45) is 0 Å². The van der Waals surface area contributed by atoms with Crippen LogP contribution in [0.4, 0.5) is 5.82 Å². The van der Waals surface area contributed by atoms with Gasteiger partial charge in [-0.1, -0.05) is 41.9 Å². The summed E-state index contributed by atoms with van der Waals surface area (Å²) < 4.78 is 1.72. The second-order valence-electron chi connectivity index (χ2n) is 5.20. The summed E-state index contributed by atoms with van der Waals surface area (Å²) in [5.74, 6) is 0.382. The minimum absolute atomic E-state index is 0.253. The molecule has 2 aromatic carbocycles. The molecule has 1 N–H and O–H groups in total. The number of aromatic nitrogens is 2. The van der Waals surface area contributed by atoms with E-state index in [-0.39, 0.29) is 5.91 Å². The van der Waals surface area contributed by atoms with E-state index >= 15 is 0 Å². The number of halogens is 1. The summed E-state index contributed by atoms with van der Waals surface area (Å²) in [6, 6.07) is 15.1. The van der Waals surface area contributed by atoms with E-state index in [0.717, 1.165) is 16.1 Å². The molecule has 0 aliphatic rings. The van der Waals surface area contributed by atoms with Crippen LogP contribution < -0.4 is 5.32 Å². The zero-order valence-electron chi connectivity index (χ0n) is 13.3. The van der Waals surface area contributed by atoms with Crippen molar-refractivity contribution in [1.82, 2.24) is 9.78 Å². The molecule has 0 unspecified atom stereocenters. The van der Waals surface area contributed by atoms with Gasteiger partial charge in [0.2, 0.25) is 0 Å². The molecule has 1 amide bonds. The number of aryl methyl sites for hydroxylation is 1. The molecule has 0 atom stereocenters. The number of nitrogens with zero attached hydrogens (tertiary/aromatic N) is 2. The molecule has 0 aliphatic carbocycles. The Hall–Kier alpha value is -2.24. The lowest BCUT2D eigenvalue weighted by Gasteiger charge is -2.12. The van der Waals surface area contributed by atoms with Gasteiger partial charge in [0.15, 0.2) is 0 Å². The number of hydrogen-bond donors (Lipinski definition) is 1. The third-order valence-electron chi connectivity index (χ3n) is 3.62. The number of amides is 1. The number of rotatable bonds is 4. The molecule has 0 spiro atoms. The number of carbonyl (C=O) groups excluding carboxylic acids is 1. The molecule has 0 aliphatic heterocycles. The Labute approximate surface area is 149 Å². The summed E-state index contributed by atoms with van der Waals surface area (Å²) in [7, 11) is 0. The number of carbonyl (C=O) groups is 1. The predicted octanol–water partition coefficient (Wildman–Crippen LogP) is 4.81. The summed E-state index contributed by atoms with van der Waals surface area (Å²) >= 11 is 7.79. The summed E-state index contributed by atoms with van der Waals surface area (Å²) in [6.45, 7) is 1.88. The molecular formula is C18H16ClN3OS. The molecule has 1 heterocycles. The highest BCUT2D eigenvalue weighted by atomic mass is 35.5. The maximum absolute atomic E-state index is 12.7. The van der Waals surface area contributed by atoms with Crippen molar-refractivity contribution in [3.05, 3.63) is 70.9 Å². The first-order valence-electron chi connectivity index (χ1n) is 7.35. The summed E-state index contributed by atoms with van der Waals surface area (Å²) in [5.41, 5.74) is 2.19. The molecular weight excluding hydrogens is 342 g/mol. The van der Waals surface area contributed by atoms with Gasteiger partial charge in [0, 0.05) is 0 Å². The second kappa shape index (κ2) is 7.11. The lowest BCUT2D eigenvalue weighted by molar-refractivity contribution is 0.102. The molecule has 6 heteroatoms. The maximum Gasteiger partial charge on any atom is 0.258 e. The summed E-state index contributed by atoms with van der Waals surface area (Å²) in [6.07, 6.45) is 3.69. The Bertz CT molecular complexity index is 877. The van der Waals surface area contributed by atoms with Gasteiger partial charge in [-0.15, -0.1) is 11.8 Å². The third-order valence-corrected chi connectivity index (χ3v) is 4.86. The van der Waals surface area contributed by atoms with Crippen LogP contribution in [0.3, 0.4) is 0 Å². The molecule has 0 saturated heterocycles. The van der Waals surface area contributed by atoms with E-state index in [0.29, 0.717) is 16.4 Å². The fourth-order valence-corrected chi connectivity index (χ4v) is 3.06. The Morgan fingerprint density at radius 3 is 2.62 bits per heavy atom. The first-order chi connectivity index (χ1) is 11.6. The van der Waals surface area contributed by atoms with Gasteiger partial charge in [-0.2, -0.15) is 5.10 Å². The van der Waals surface area contributed by atoms with Gasteiger partial charge >= 0.3 is 0 Å². The van der Waals surface area contributed by atoms with Gasteiger partial charge in [-0.05, 0) is 36.9 Å². The average Bonchev–Trinajstić information content (AvgIpc) is 3.00. The fourth-order valence-electron chi connectivity index (χ4n) is 2.36. The van der Waals surface area contributed by atoms with E-state index < -0.39 is 0 Å². The molecule has 0 bridgehead atoms. The van der Waals surface area contributed by atoms with Gasteiger partial charge < -0.3 is 5.32 Å². The van der Waals surface area contributed by atoms with E-state index in [1.165, 1.54) is 11.8 Å². The number of hydrogen-bond acceptors (Lipinski definition) is 3. The van der Waals surface area contributed by atoms with Gasteiger partial charge in [0.25, 0.3) is 5.91 Å². The molecule has 0 radical (unpaired) electrons. The van der Waals surface area contributed by atoms with E-state index in [4.69, 9.17) is 11.6 Å². The van der Waals surface area contributed by atoms with E-state index in [1.54, 1.807) is 16.9 Å². The van der Waals surface area contributed by atoms with Crippen LogP contribution in [0.2, 0.25) is 5.02 Å². The van der Waals surface area contributed by atoms with E-state index in [1.807, 2.05) is 55.6 Å². The molecule has 3 aromatic rings. The minimum Gasteiger partial charge on any atom is -0.305 e. The van der Waals surface area contributed by atoms with Crippen molar-refractivity contribution < 1.29 is 4.79 Å². The molecule has 3 rings (SSSR count). The van der Waals surface area contributed by atoms with Gasteiger partial charge in [0.05, 0.1) is 27.4 Å². The molecule has 122 valence electrons. The normalized spacial score (nSPS) is 10.6. The largest absolute Gasteiger partial charge is 0.305 e. The van der Waals surface area contributed by atoms with Crippen molar-refractivity contribution in [2.45, 2.75) is 11.8 Å². The minimum atomic E-state index is -0.253. The number of nitrogens with one attached hydrogen (secondary N) is 1. The van der Waals surface area contributed by atoms with Crippen LogP contribution in [0, 0.1) is 6.92 Å². The zero-order valence-corrected chi connectivity index (χ0v) is 14.9. The van der Waals surface area contributed by atoms with Crippen molar-refractivity contribution in [2.75, 3.05) is 11.6 Å². The molecule has 24 heavy (non-hydrogen) atoms. The maximum atomic E-state index is 12.7. The van der Waals surface area contributed by atoms with Crippen LogP contribution in [-0.2, 0) is 0 Å². The van der Waals surface area contributed by atoms with Crippen LogP contribution in [0.25, 0.3) is 5.69 Å².